The van der Waals surface area contributed by atoms with E-state index < -0.39 is 6.61 Å². The number of aromatic nitrogens is 1. The van der Waals surface area contributed by atoms with Gasteiger partial charge in [-0.15, -0.1) is 0 Å². The molecule has 0 unspecified atom stereocenters. The lowest BCUT2D eigenvalue weighted by atomic mass is 10.1. The van der Waals surface area contributed by atoms with Crippen molar-refractivity contribution in [1.82, 2.24) is 14.8 Å². The van der Waals surface area contributed by atoms with Gasteiger partial charge in [0.05, 0.1) is 6.42 Å². The Hall–Kier alpha value is -2.05. The van der Waals surface area contributed by atoms with E-state index in [1.807, 2.05) is 24.4 Å². The fourth-order valence-electron chi connectivity index (χ4n) is 2.88. The smallest absolute Gasteiger partial charge is 0.248 e. The summed E-state index contributed by atoms with van der Waals surface area (Å²) < 4.78 is 0. The van der Waals surface area contributed by atoms with E-state index in [9.17, 15) is 9.59 Å². The highest BCUT2D eigenvalue weighted by atomic mass is 35.5. The van der Waals surface area contributed by atoms with Gasteiger partial charge in [-0.25, -0.2) is 0 Å². The fourth-order valence-corrected chi connectivity index (χ4v) is 3.05. The lowest BCUT2D eigenvalue weighted by Crippen LogP contribution is -2.51. The van der Waals surface area contributed by atoms with Gasteiger partial charge in [0.15, 0.2) is 0 Å². The van der Waals surface area contributed by atoms with Crippen LogP contribution in [0.1, 0.15) is 5.56 Å². The van der Waals surface area contributed by atoms with Crippen molar-refractivity contribution >= 4 is 34.3 Å². The topological polar surface area (TPSA) is 76.6 Å². The van der Waals surface area contributed by atoms with Crippen LogP contribution in [0, 0.1) is 0 Å². The van der Waals surface area contributed by atoms with Gasteiger partial charge >= 0.3 is 0 Å². The van der Waals surface area contributed by atoms with Gasteiger partial charge in [-0.3, -0.25) is 9.59 Å². The summed E-state index contributed by atoms with van der Waals surface area (Å²) in [4.78, 5) is 30.4. The van der Waals surface area contributed by atoms with Gasteiger partial charge in [0.1, 0.15) is 6.61 Å². The van der Waals surface area contributed by atoms with Gasteiger partial charge in [-0.2, -0.15) is 0 Å². The van der Waals surface area contributed by atoms with Gasteiger partial charge in [-0.1, -0.05) is 11.6 Å². The van der Waals surface area contributed by atoms with Gasteiger partial charge < -0.3 is 19.9 Å². The SMILES string of the molecule is O=C(CO)N1CCN(C(=O)Cc2c[nH]c3ccc(Cl)cc23)CC1. The third-order valence-corrected chi connectivity index (χ3v) is 4.43. The molecule has 0 aliphatic carbocycles. The van der Waals surface area contributed by atoms with E-state index in [0.29, 0.717) is 37.6 Å². The van der Waals surface area contributed by atoms with E-state index in [4.69, 9.17) is 16.7 Å². The molecule has 2 heterocycles. The number of hydrogen-bond acceptors (Lipinski definition) is 3. The van der Waals surface area contributed by atoms with Crippen molar-refractivity contribution in [3.63, 3.8) is 0 Å². The van der Waals surface area contributed by atoms with Crippen LogP contribution in [-0.2, 0) is 16.0 Å². The van der Waals surface area contributed by atoms with Gasteiger partial charge in [-0.05, 0) is 23.8 Å². The number of carbonyl (C=O) groups excluding carboxylic acids is 2. The van der Waals surface area contributed by atoms with Gasteiger partial charge in [0.25, 0.3) is 0 Å². The molecule has 0 saturated carbocycles. The maximum atomic E-state index is 12.5. The summed E-state index contributed by atoms with van der Waals surface area (Å²) >= 11 is 6.03. The minimum absolute atomic E-state index is 0.0296. The second kappa shape index (κ2) is 6.60. The number of aliphatic hydroxyl groups is 1. The van der Waals surface area contributed by atoms with Crippen molar-refractivity contribution in [2.24, 2.45) is 0 Å². The molecular weight excluding hydrogens is 318 g/mol. The first kappa shape index (κ1) is 15.8. The average molecular weight is 336 g/mol. The van der Waals surface area contributed by atoms with Crippen molar-refractivity contribution in [3.05, 3.63) is 35.0 Å². The van der Waals surface area contributed by atoms with Crippen molar-refractivity contribution in [2.75, 3.05) is 32.8 Å². The number of carbonyl (C=O) groups is 2. The summed E-state index contributed by atoms with van der Waals surface area (Å²) in [5.74, 6) is -0.259. The second-order valence-electron chi connectivity index (χ2n) is 5.60. The number of halogens is 1. The molecule has 3 rings (SSSR count). The average Bonchev–Trinajstić information content (AvgIpc) is 2.96. The zero-order valence-electron chi connectivity index (χ0n) is 12.6. The van der Waals surface area contributed by atoms with Crippen LogP contribution in [0.4, 0.5) is 0 Å². The first-order valence-electron chi connectivity index (χ1n) is 7.50. The molecule has 7 heteroatoms. The molecule has 2 amide bonds. The molecule has 1 aromatic heterocycles. The number of nitrogens with zero attached hydrogens (tertiary/aromatic N) is 2. The first-order chi connectivity index (χ1) is 11.1. The number of fused-ring (bicyclic) bond motifs is 1. The van der Waals surface area contributed by atoms with Crippen LogP contribution < -0.4 is 0 Å². The Balaban J connectivity index is 1.65. The quantitative estimate of drug-likeness (QED) is 0.879. The normalized spacial score (nSPS) is 15.2. The summed E-state index contributed by atoms with van der Waals surface area (Å²) in [6, 6.07) is 5.56. The summed E-state index contributed by atoms with van der Waals surface area (Å²) in [6.07, 6.45) is 2.14. The number of piperazine rings is 1. The van der Waals surface area contributed by atoms with Gasteiger partial charge in [0.2, 0.25) is 11.8 Å². The number of aromatic amines is 1. The maximum Gasteiger partial charge on any atom is 0.248 e. The highest BCUT2D eigenvalue weighted by Gasteiger charge is 2.24. The summed E-state index contributed by atoms with van der Waals surface area (Å²) in [5.41, 5.74) is 1.87. The first-order valence-corrected chi connectivity index (χ1v) is 7.88. The number of nitrogens with one attached hydrogen (secondary N) is 1. The molecule has 2 N–H and O–H groups in total. The van der Waals surface area contributed by atoms with Gasteiger partial charge in [0, 0.05) is 48.3 Å². The number of amides is 2. The number of benzene rings is 1. The molecule has 0 bridgehead atoms. The van der Waals surface area contributed by atoms with Crippen LogP contribution >= 0.6 is 11.6 Å². The molecule has 1 aromatic carbocycles. The highest BCUT2D eigenvalue weighted by molar-refractivity contribution is 6.31. The molecule has 2 aromatic rings. The molecule has 1 aliphatic rings. The Morgan fingerprint density at radius 3 is 2.43 bits per heavy atom. The minimum atomic E-state index is -0.482. The van der Waals surface area contributed by atoms with E-state index in [0.717, 1.165) is 16.5 Å². The second-order valence-corrected chi connectivity index (χ2v) is 6.04. The van der Waals surface area contributed by atoms with Crippen LogP contribution in [0.2, 0.25) is 5.02 Å². The number of H-pyrrole nitrogens is 1. The molecule has 1 saturated heterocycles. The Morgan fingerprint density at radius 1 is 1.13 bits per heavy atom. The molecule has 0 atom stereocenters. The number of aliphatic hydroxyl groups excluding tert-OH is 1. The Morgan fingerprint density at radius 2 is 1.78 bits per heavy atom. The molecule has 0 radical (unpaired) electrons. The Labute approximate surface area is 138 Å². The standard InChI is InChI=1S/C16H18ClN3O3/c17-12-1-2-14-13(8-12)11(9-18-14)7-15(22)19-3-5-20(6-4-19)16(23)10-21/h1-2,8-9,18,21H,3-7,10H2. The summed E-state index contributed by atoms with van der Waals surface area (Å²) in [5, 5.41) is 10.5. The van der Waals surface area contributed by atoms with Crippen molar-refractivity contribution in [3.8, 4) is 0 Å². The lowest BCUT2D eigenvalue weighted by Gasteiger charge is -2.34. The molecular formula is C16H18ClN3O3. The molecule has 122 valence electrons. The predicted octanol–water partition coefficient (Wildman–Crippen LogP) is 1.03. The summed E-state index contributed by atoms with van der Waals surface area (Å²) in [6.45, 7) is 1.43. The summed E-state index contributed by atoms with van der Waals surface area (Å²) in [7, 11) is 0. The largest absolute Gasteiger partial charge is 0.387 e. The maximum absolute atomic E-state index is 12.5. The molecule has 1 fully saturated rings. The fraction of sp³-hybridized carbons (Fsp3) is 0.375. The predicted molar refractivity (Wildman–Crippen MR) is 87.3 cm³/mol. The van der Waals surface area contributed by atoms with E-state index in [1.54, 1.807) is 9.80 Å². The molecule has 1 aliphatic heterocycles. The monoisotopic (exact) mass is 335 g/mol. The Kier molecular flexibility index (Phi) is 4.54. The van der Waals surface area contributed by atoms with Crippen molar-refractivity contribution in [2.45, 2.75) is 6.42 Å². The van der Waals surface area contributed by atoms with E-state index in [2.05, 4.69) is 4.98 Å². The Bertz CT molecular complexity index is 735. The number of hydrogen-bond donors (Lipinski definition) is 2. The zero-order chi connectivity index (χ0) is 16.4. The number of rotatable bonds is 3. The zero-order valence-corrected chi connectivity index (χ0v) is 13.3. The van der Waals surface area contributed by atoms with E-state index in [-0.39, 0.29) is 11.8 Å². The van der Waals surface area contributed by atoms with Crippen LogP contribution in [0.25, 0.3) is 10.9 Å². The van der Waals surface area contributed by atoms with E-state index in [1.165, 1.54) is 0 Å². The van der Waals surface area contributed by atoms with E-state index >= 15 is 0 Å². The van der Waals surface area contributed by atoms with Crippen LogP contribution in [0.3, 0.4) is 0 Å². The lowest BCUT2D eigenvalue weighted by molar-refractivity contribution is -0.140. The minimum Gasteiger partial charge on any atom is -0.387 e. The molecule has 6 nitrogen and oxygen atoms in total. The van der Waals surface area contributed by atoms with Crippen molar-refractivity contribution in [1.29, 1.82) is 0 Å². The molecule has 23 heavy (non-hydrogen) atoms. The highest BCUT2D eigenvalue weighted by Crippen LogP contribution is 2.23. The molecule has 0 spiro atoms. The van der Waals surface area contributed by atoms with Crippen LogP contribution in [0.5, 0.6) is 0 Å². The third kappa shape index (κ3) is 3.33. The van der Waals surface area contributed by atoms with Crippen molar-refractivity contribution < 1.29 is 14.7 Å². The van der Waals surface area contributed by atoms with Crippen LogP contribution in [0.15, 0.2) is 24.4 Å². The van der Waals surface area contributed by atoms with Crippen LogP contribution in [-0.4, -0.2) is 64.5 Å². The third-order valence-electron chi connectivity index (χ3n) is 4.19.